The summed E-state index contributed by atoms with van der Waals surface area (Å²) < 4.78 is 32.8. The van der Waals surface area contributed by atoms with Crippen LogP contribution < -0.4 is 16.0 Å². The molecule has 21 heavy (non-hydrogen) atoms. The van der Waals surface area contributed by atoms with Crippen LogP contribution in [0.5, 0.6) is 5.75 Å². The lowest BCUT2D eigenvalue weighted by molar-refractivity contribution is 0.317. The van der Waals surface area contributed by atoms with Crippen molar-refractivity contribution in [1.82, 2.24) is 5.43 Å². The van der Waals surface area contributed by atoms with Crippen molar-refractivity contribution in [1.29, 1.82) is 0 Å². The summed E-state index contributed by atoms with van der Waals surface area (Å²) in [4.78, 5) is 0. The van der Waals surface area contributed by atoms with E-state index in [4.69, 9.17) is 10.6 Å². The van der Waals surface area contributed by atoms with Crippen LogP contribution in [0.4, 0.5) is 8.78 Å². The number of hydrogen-bond acceptors (Lipinski definition) is 3. The summed E-state index contributed by atoms with van der Waals surface area (Å²) in [6, 6.07) is 10.5. The van der Waals surface area contributed by atoms with Gasteiger partial charge in [-0.3, -0.25) is 5.84 Å². The van der Waals surface area contributed by atoms with Gasteiger partial charge >= 0.3 is 0 Å². The van der Waals surface area contributed by atoms with Gasteiger partial charge in [-0.15, -0.1) is 0 Å². The second-order valence-electron chi connectivity index (χ2n) is 4.66. The van der Waals surface area contributed by atoms with Crippen LogP contribution in [0.3, 0.4) is 0 Å². The highest BCUT2D eigenvalue weighted by molar-refractivity contribution is 5.37. The summed E-state index contributed by atoms with van der Waals surface area (Å²) in [6.45, 7) is 2.61. The number of hydrogen-bond donors (Lipinski definition) is 2. The first-order valence-electron chi connectivity index (χ1n) is 6.80. The van der Waals surface area contributed by atoms with Crippen LogP contribution in [0.1, 0.15) is 30.5 Å². The molecule has 0 heterocycles. The zero-order valence-electron chi connectivity index (χ0n) is 11.8. The van der Waals surface area contributed by atoms with Crippen LogP contribution in [-0.2, 0) is 0 Å². The molecule has 0 saturated heterocycles. The summed E-state index contributed by atoms with van der Waals surface area (Å²) >= 11 is 0. The van der Waals surface area contributed by atoms with Gasteiger partial charge in [-0.1, -0.05) is 31.2 Å². The highest BCUT2D eigenvalue weighted by Gasteiger charge is 2.19. The van der Waals surface area contributed by atoms with Crippen molar-refractivity contribution < 1.29 is 13.5 Å². The molecule has 3 nitrogen and oxygen atoms in total. The lowest BCUT2D eigenvalue weighted by atomic mass is 9.98. The molecule has 2 aromatic rings. The van der Waals surface area contributed by atoms with Crippen LogP contribution in [0, 0.1) is 11.6 Å². The van der Waals surface area contributed by atoms with Gasteiger partial charge < -0.3 is 4.74 Å². The van der Waals surface area contributed by atoms with Gasteiger partial charge in [0, 0.05) is 5.56 Å². The minimum Gasteiger partial charge on any atom is -0.494 e. The lowest BCUT2D eigenvalue weighted by Gasteiger charge is -2.18. The molecule has 0 aliphatic rings. The highest BCUT2D eigenvalue weighted by Crippen LogP contribution is 2.27. The predicted molar refractivity (Wildman–Crippen MR) is 77.8 cm³/mol. The van der Waals surface area contributed by atoms with Crippen molar-refractivity contribution in [3.05, 3.63) is 65.2 Å². The van der Waals surface area contributed by atoms with Gasteiger partial charge in [0.05, 0.1) is 12.6 Å². The molecule has 1 unspecified atom stereocenters. The molecule has 3 N–H and O–H groups in total. The van der Waals surface area contributed by atoms with Crippen molar-refractivity contribution >= 4 is 0 Å². The quantitative estimate of drug-likeness (QED) is 0.634. The molecular formula is C16H18F2N2O. The average molecular weight is 292 g/mol. The first kappa shape index (κ1) is 15.4. The van der Waals surface area contributed by atoms with Gasteiger partial charge in [0.25, 0.3) is 0 Å². The summed E-state index contributed by atoms with van der Waals surface area (Å²) in [5.74, 6) is 4.40. The summed E-state index contributed by atoms with van der Waals surface area (Å²) in [6.07, 6.45) is 0.890. The predicted octanol–water partition coefficient (Wildman–Crippen LogP) is 3.31. The van der Waals surface area contributed by atoms with Gasteiger partial charge in [0.15, 0.2) is 11.6 Å². The molecular weight excluding hydrogens is 274 g/mol. The smallest absolute Gasteiger partial charge is 0.163 e. The minimum atomic E-state index is -0.902. The third-order valence-electron chi connectivity index (χ3n) is 3.12. The van der Waals surface area contributed by atoms with E-state index in [1.54, 1.807) is 18.2 Å². The maximum absolute atomic E-state index is 13.9. The monoisotopic (exact) mass is 292 g/mol. The Morgan fingerprint density at radius 2 is 1.95 bits per heavy atom. The Morgan fingerprint density at radius 3 is 2.67 bits per heavy atom. The molecule has 0 aliphatic carbocycles. The Hall–Kier alpha value is -1.98. The number of benzene rings is 2. The van der Waals surface area contributed by atoms with Crippen LogP contribution in [-0.4, -0.2) is 6.61 Å². The number of ether oxygens (including phenoxy) is 1. The molecule has 5 heteroatoms. The topological polar surface area (TPSA) is 47.3 Å². The maximum Gasteiger partial charge on any atom is 0.163 e. The maximum atomic E-state index is 13.9. The number of hydrazine groups is 1. The van der Waals surface area contributed by atoms with E-state index in [2.05, 4.69) is 5.43 Å². The van der Waals surface area contributed by atoms with Crippen LogP contribution in [0.2, 0.25) is 0 Å². The molecule has 2 rings (SSSR count). The van der Waals surface area contributed by atoms with Gasteiger partial charge in [-0.05, 0) is 30.2 Å². The van der Waals surface area contributed by atoms with Gasteiger partial charge in [0.2, 0.25) is 0 Å². The van der Waals surface area contributed by atoms with E-state index < -0.39 is 17.7 Å². The molecule has 0 aliphatic heterocycles. The number of rotatable bonds is 6. The second kappa shape index (κ2) is 7.15. The zero-order valence-corrected chi connectivity index (χ0v) is 11.8. The standard InChI is InChI=1S/C16H18F2N2O/c1-2-9-21-12-6-3-5-11(10-12)16(20-19)13-7-4-8-14(17)15(13)18/h3-8,10,16,20H,2,9,19H2,1H3. The molecule has 0 radical (unpaired) electrons. The summed E-state index contributed by atoms with van der Waals surface area (Å²) in [7, 11) is 0. The molecule has 0 amide bonds. The zero-order chi connectivity index (χ0) is 15.2. The first-order chi connectivity index (χ1) is 10.2. The van der Waals surface area contributed by atoms with Crippen molar-refractivity contribution in [2.24, 2.45) is 5.84 Å². The van der Waals surface area contributed by atoms with Gasteiger partial charge in [-0.25, -0.2) is 14.2 Å². The number of nitrogens with one attached hydrogen (secondary N) is 1. The van der Waals surface area contributed by atoms with Crippen molar-refractivity contribution in [3.8, 4) is 5.75 Å². The molecule has 0 fully saturated rings. The minimum absolute atomic E-state index is 0.158. The van der Waals surface area contributed by atoms with Gasteiger partial charge in [0.1, 0.15) is 5.75 Å². The molecule has 2 aromatic carbocycles. The second-order valence-corrected chi connectivity index (χ2v) is 4.66. The Labute approximate surface area is 122 Å². The molecule has 1 atom stereocenters. The van der Waals surface area contributed by atoms with E-state index in [0.717, 1.165) is 12.5 Å². The van der Waals surface area contributed by atoms with Crippen LogP contribution in [0.15, 0.2) is 42.5 Å². The van der Waals surface area contributed by atoms with E-state index >= 15 is 0 Å². The van der Waals surface area contributed by atoms with E-state index in [0.29, 0.717) is 17.9 Å². The average Bonchev–Trinajstić information content (AvgIpc) is 2.50. The van der Waals surface area contributed by atoms with Crippen LogP contribution in [0.25, 0.3) is 0 Å². The molecule has 112 valence electrons. The van der Waals surface area contributed by atoms with Crippen molar-refractivity contribution in [3.63, 3.8) is 0 Å². The Balaban J connectivity index is 2.35. The largest absolute Gasteiger partial charge is 0.494 e. The molecule has 0 saturated carbocycles. The lowest BCUT2D eigenvalue weighted by Crippen LogP contribution is -2.29. The fraction of sp³-hybridized carbons (Fsp3) is 0.250. The van der Waals surface area contributed by atoms with Gasteiger partial charge in [-0.2, -0.15) is 0 Å². The van der Waals surface area contributed by atoms with E-state index in [1.165, 1.54) is 12.1 Å². The van der Waals surface area contributed by atoms with E-state index in [9.17, 15) is 8.78 Å². The van der Waals surface area contributed by atoms with E-state index in [-0.39, 0.29) is 5.56 Å². The van der Waals surface area contributed by atoms with Crippen molar-refractivity contribution in [2.45, 2.75) is 19.4 Å². The summed E-state index contributed by atoms with van der Waals surface area (Å²) in [5, 5.41) is 0. The highest BCUT2D eigenvalue weighted by atomic mass is 19.2. The molecule has 0 aromatic heterocycles. The van der Waals surface area contributed by atoms with Crippen molar-refractivity contribution in [2.75, 3.05) is 6.61 Å². The Bertz CT molecular complexity index is 605. The number of nitrogens with two attached hydrogens (primary N) is 1. The third-order valence-corrected chi connectivity index (χ3v) is 3.12. The van der Waals surface area contributed by atoms with E-state index in [1.807, 2.05) is 13.0 Å². The third kappa shape index (κ3) is 3.56. The van der Waals surface area contributed by atoms with Crippen LogP contribution >= 0.6 is 0 Å². The molecule has 0 bridgehead atoms. The first-order valence-corrected chi connectivity index (χ1v) is 6.80. The SMILES string of the molecule is CCCOc1cccc(C(NN)c2cccc(F)c2F)c1. The fourth-order valence-electron chi connectivity index (χ4n) is 2.11. The Morgan fingerprint density at radius 1 is 1.19 bits per heavy atom. The Kier molecular flexibility index (Phi) is 5.25. The normalized spacial score (nSPS) is 12.2. The fourth-order valence-corrected chi connectivity index (χ4v) is 2.11. The summed E-state index contributed by atoms with van der Waals surface area (Å²) in [5.41, 5.74) is 3.39. The molecule has 0 spiro atoms. The number of halogens is 2.